The predicted octanol–water partition coefficient (Wildman–Crippen LogP) is 3.93. The van der Waals surface area contributed by atoms with Gasteiger partial charge in [0.25, 0.3) is 0 Å². The first-order valence-corrected chi connectivity index (χ1v) is 8.30. The summed E-state index contributed by atoms with van der Waals surface area (Å²) < 4.78 is 0. The maximum Gasteiger partial charge on any atom is 0.118 e. The first-order chi connectivity index (χ1) is 10.0. The number of hydrogen-bond acceptors (Lipinski definition) is 3. The first-order valence-electron chi connectivity index (χ1n) is 8.30. The van der Waals surface area contributed by atoms with Crippen molar-refractivity contribution in [2.24, 2.45) is 5.92 Å². The maximum atomic E-state index is 9.77. The SMILES string of the molecule is CCCN1CCCC(C(C)Nc2cc(C)c(O)cc2C)C1. The molecule has 1 aliphatic heterocycles. The van der Waals surface area contributed by atoms with Crippen molar-refractivity contribution in [3.8, 4) is 5.75 Å². The molecule has 2 unspecified atom stereocenters. The summed E-state index contributed by atoms with van der Waals surface area (Å²) in [5.41, 5.74) is 3.21. The molecule has 1 heterocycles. The molecule has 0 radical (unpaired) electrons. The fourth-order valence-electron chi connectivity index (χ4n) is 3.34. The zero-order chi connectivity index (χ0) is 15.4. The second-order valence-electron chi connectivity index (χ2n) is 6.59. The lowest BCUT2D eigenvalue weighted by Crippen LogP contribution is -2.42. The van der Waals surface area contributed by atoms with E-state index in [1.165, 1.54) is 38.9 Å². The predicted molar refractivity (Wildman–Crippen MR) is 90.1 cm³/mol. The fourth-order valence-corrected chi connectivity index (χ4v) is 3.34. The first kappa shape index (κ1) is 16.2. The van der Waals surface area contributed by atoms with Crippen LogP contribution in [0.25, 0.3) is 0 Å². The second kappa shape index (κ2) is 7.17. The molecule has 1 fully saturated rings. The number of likely N-dealkylation sites (tertiary alicyclic amines) is 1. The van der Waals surface area contributed by atoms with Crippen molar-refractivity contribution in [2.45, 2.75) is 53.0 Å². The summed E-state index contributed by atoms with van der Waals surface area (Å²) in [5.74, 6) is 1.09. The molecule has 0 aromatic heterocycles. The number of benzene rings is 1. The number of piperidine rings is 1. The Balaban J connectivity index is 2.00. The Morgan fingerprint density at radius 2 is 2.10 bits per heavy atom. The van der Waals surface area contributed by atoms with Crippen LogP contribution in [-0.2, 0) is 0 Å². The third-order valence-electron chi connectivity index (χ3n) is 4.72. The van der Waals surface area contributed by atoms with E-state index >= 15 is 0 Å². The van der Waals surface area contributed by atoms with Crippen molar-refractivity contribution < 1.29 is 5.11 Å². The summed E-state index contributed by atoms with van der Waals surface area (Å²) >= 11 is 0. The van der Waals surface area contributed by atoms with Gasteiger partial charge in [-0.3, -0.25) is 0 Å². The Morgan fingerprint density at radius 1 is 1.33 bits per heavy atom. The molecule has 0 bridgehead atoms. The molecule has 2 atom stereocenters. The fraction of sp³-hybridized carbons (Fsp3) is 0.667. The Morgan fingerprint density at radius 3 is 2.81 bits per heavy atom. The van der Waals surface area contributed by atoms with Gasteiger partial charge in [-0.1, -0.05) is 6.92 Å². The van der Waals surface area contributed by atoms with E-state index in [9.17, 15) is 5.11 Å². The largest absolute Gasteiger partial charge is 0.508 e. The van der Waals surface area contributed by atoms with Crippen LogP contribution in [0, 0.1) is 19.8 Å². The molecule has 2 N–H and O–H groups in total. The minimum absolute atomic E-state index is 0.387. The standard InChI is InChI=1S/C18H30N2O/c1-5-8-20-9-6-7-16(12-20)15(4)19-17-10-14(3)18(21)11-13(17)2/h10-11,15-16,19,21H,5-9,12H2,1-4H3. The van der Waals surface area contributed by atoms with E-state index < -0.39 is 0 Å². The van der Waals surface area contributed by atoms with E-state index in [1.807, 2.05) is 13.0 Å². The molecule has 118 valence electrons. The Labute approximate surface area is 129 Å². The highest BCUT2D eigenvalue weighted by atomic mass is 16.3. The van der Waals surface area contributed by atoms with Crippen LogP contribution in [0.4, 0.5) is 5.69 Å². The number of phenolic OH excluding ortho intramolecular Hbond substituents is 1. The number of nitrogens with zero attached hydrogens (tertiary/aromatic N) is 1. The smallest absolute Gasteiger partial charge is 0.118 e. The number of phenols is 1. The third kappa shape index (κ3) is 4.13. The topological polar surface area (TPSA) is 35.5 Å². The van der Waals surface area contributed by atoms with Crippen molar-refractivity contribution in [2.75, 3.05) is 25.0 Å². The van der Waals surface area contributed by atoms with Gasteiger partial charge in [-0.2, -0.15) is 0 Å². The molecular formula is C18H30N2O. The average Bonchev–Trinajstić information content (AvgIpc) is 2.45. The third-order valence-corrected chi connectivity index (χ3v) is 4.72. The van der Waals surface area contributed by atoms with Crippen LogP contribution >= 0.6 is 0 Å². The van der Waals surface area contributed by atoms with Crippen LogP contribution in [0.5, 0.6) is 5.75 Å². The molecule has 1 aromatic rings. The van der Waals surface area contributed by atoms with Gasteiger partial charge in [0.15, 0.2) is 0 Å². The van der Waals surface area contributed by atoms with Crippen LogP contribution in [0.15, 0.2) is 12.1 Å². The summed E-state index contributed by atoms with van der Waals surface area (Å²) in [7, 11) is 0. The van der Waals surface area contributed by atoms with E-state index in [0.717, 1.165) is 16.8 Å². The van der Waals surface area contributed by atoms with Crippen LogP contribution < -0.4 is 5.32 Å². The highest BCUT2D eigenvalue weighted by Crippen LogP contribution is 2.28. The number of anilines is 1. The molecular weight excluding hydrogens is 260 g/mol. The summed E-state index contributed by atoms with van der Waals surface area (Å²) in [4.78, 5) is 2.60. The Hall–Kier alpha value is -1.22. The number of aromatic hydroxyl groups is 1. The van der Waals surface area contributed by atoms with E-state index in [2.05, 4.69) is 37.1 Å². The van der Waals surface area contributed by atoms with Crippen molar-refractivity contribution in [1.82, 2.24) is 4.90 Å². The summed E-state index contributed by atoms with van der Waals surface area (Å²) in [6.45, 7) is 12.2. The second-order valence-corrected chi connectivity index (χ2v) is 6.59. The zero-order valence-corrected chi connectivity index (χ0v) is 13.9. The van der Waals surface area contributed by atoms with Gasteiger partial charge in [0.05, 0.1) is 0 Å². The minimum atomic E-state index is 0.387. The van der Waals surface area contributed by atoms with Gasteiger partial charge in [-0.15, -0.1) is 0 Å². The number of rotatable bonds is 5. The molecule has 0 spiro atoms. The van der Waals surface area contributed by atoms with E-state index in [1.54, 1.807) is 0 Å². The normalized spacial score (nSPS) is 21.2. The van der Waals surface area contributed by atoms with E-state index in [0.29, 0.717) is 17.7 Å². The number of aryl methyl sites for hydroxylation is 2. The number of hydrogen-bond donors (Lipinski definition) is 2. The van der Waals surface area contributed by atoms with Gasteiger partial charge in [0.2, 0.25) is 0 Å². The van der Waals surface area contributed by atoms with Gasteiger partial charge in [0.1, 0.15) is 5.75 Å². The highest BCUT2D eigenvalue weighted by molar-refractivity contribution is 5.57. The quantitative estimate of drug-likeness (QED) is 0.807. The van der Waals surface area contributed by atoms with Gasteiger partial charge in [-0.05, 0) is 82.3 Å². The molecule has 1 aromatic carbocycles. The van der Waals surface area contributed by atoms with Gasteiger partial charge >= 0.3 is 0 Å². The molecule has 0 amide bonds. The maximum absolute atomic E-state index is 9.77. The molecule has 2 rings (SSSR count). The Bertz CT molecular complexity index is 471. The van der Waals surface area contributed by atoms with Gasteiger partial charge in [-0.25, -0.2) is 0 Å². The van der Waals surface area contributed by atoms with Crippen LogP contribution in [0.3, 0.4) is 0 Å². The van der Waals surface area contributed by atoms with Gasteiger partial charge in [0, 0.05) is 18.3 Å². The van der Waals surface area contributed by atoms with Crippen LogP contribution in [0.2, 0.25) is 0 Å². The Kier molecular flexibility index (Phi) is 5.51. The zero-order valence-electron chi connectivity index (χ0n) is 13.9. The van der Waals surface area contributed by atoms with Crippen molar-refractivity contribution >= 4 is 5.69 Å². The van der Waals surface area contributed by atoms with Crippen LogP contribution in [0.1, 0.15) is 44.2 Å². The van der Waals surface area contributed by atoms with Gasteiger partial charge < -0.3 is 15.3 Å². The monoisotopic (exact) mass is 290 g/mol. The summed E-state index contributed by atoms with van der Waals surface area (Å²) in [6, 6.07) is 4.38. The molecule has 1 aliphatic rings. The van der Waals surface area contributed by atoms with E-state index in [4.69, 9.17) is 0 Å². The molecule has 0 aliphatic carbocycles. The highest BCUT2D eigenvalue weighted by Gasteiger charge is 2.24. The van der Waals surface area contributed by atoms with E-state index in [-0.39, 0.29) is 0 Å². The average molecular weight is 290 g/mol. The van der Waals surface area contributed by atoms with Crippen molar-refractivity contribution in [3.05, 3.63) is 23.3 Å². The summed E-state index contributed by atoms with van der Waals surface area (Å²) in [5, 5.41) is 13.4. The molecule has 1 saturated heterocycles. The molecule has 3 nitrogen and oxygen atoms in total. The lowest BCUT2D eigenvalue weighted by molar-refractivity contribution is 0.165. The summed E-state index contributed by atoms with van der Waals surface area (Å²) in [6.07, 6.45) is 3.86. The van der Waals surface area contributed by atoms with Crippen LogP contribution in [-0.4, -0.2) is 35.7 Å². The lowest BCUT2D eigenvalue weighted by atomic mass is 9.91. The van der Waals surface area contributed by atoms with Crippen molar-refractivity contribution in [3.63, 3.8) is 0 Å². The lowest BCUT2D eigenvalue weighted by Gasteiger charge is -2.36. The molecule has 0 saturated carbocycles. The molecule has 21 heavy (non-hydrogen) atoms. The molecule has 3 heteroatoms. The van der Waals surface area contributed by atoms with Crippen molar-refractivity contribution in [1.29, 1.82) is 0 Å². The number of nitrogens with one attached hydrogen (secondary N) is 1. The minimum Gasteiger partial charge on any atom is -0.508 e.